The minimum Gasteiger partial charge on any atom is -0.267 e. The van der Waals surface area contributed by atoms with E-state index in [0.717, 1.165) is 24.0 Å². The van der Waals surface area contributed by atoms with Crippen LogP contribution < -0.4 is 5.43 Å². The Balaban J connectivity index is 2.01. The van der Waals surface area contributed by atoms with Crippen molar-refractivity contribution in [1.29, 1.82) is 0 Å². The first-order chi connectivity index (χ1) is 11.8. The molecule has 1 N–H and O–H groups in total. The number of hydrogen-bond acceptors (Lipinski definition) is 3. The molecule has 0 saturated carbocycles. The van der Waals surface area contributed by atoms with Crippen molar-refractivity contribution in [1.82, 2.24) is 10.4 Å². The molecule has 0 spiro atoms. The van der Waals surface area contributed by atoms with E-state index in [9.17, 15) is 4.79 Å². The van der Waals surface area contributed by atoms with Crippen molar-refractivity contribution < 1.29 is 4.79 Å². The number of aromatic nitrogens is 1. The van der Waals surface area contributed by atoms with Crippen LogP contribution in [-0.2, 0) is 0 Å². The number of rotatable bonds is 8. The summed E-state index contributed by atoms with van der Waals surface area (Å²) in [6.45, 7) is 2.18. The summed E-state index contributed by atoms with van der Waals surface area (Å²) < 4.78 is 0. The van der Waals surface area contributed by atoms with Gasteiger partial charge >= 0.3 is 0 Å². The SMILES string of the molecule is CCCCCC(=C/c1ccccc1)/C=N/NC(=O)c1cccnc1. The summed E-state index contributed by atoms with van der Waals surface area (Å²) in [6, 6.07) is 13.6. The zero-order valence-corrected chi connectivity index (χ0v) is 14.0. The van der Waals surface area contributed by atoms with Gasteiger partial charge in [0.25, 0.3) is 5.91 Å². The molecule has 0 aliphatic carbocycles. The van der Waals surface area contributed by atoms with Gasteiger partial charge in [-0.3, -0.25) is 9.78 Å². The lowest BCUT2D eigenvalue weighted by Crippen LogP contribution is -2.17. The van der Waals surface area contributed by atoms with Crippen LogP contribution in [0.5, 0.6) is 0 Å². The molecule has 2 aromatic rings. The average Bonchev–Trinajstić information content (AvgIpc) is 2.63. The number of pyridine rings is 1. The highest BCUT2D eigenvalue weighted by atomic mass is 16.2. The first-order valence-electron chi connectivity index (χ1n) is 8.28. The minimum atomic E-state index is -0.257. The Morgan fingerprint density at radius 1 is 1.17 bits per heavy atom. The summed E-state index contributed by atoms with van der Waals surface area (Å²) in [5.41, 5.74) is 5.28. The number of hydrogen-bond donors (Lipinski definition) is 1. The highest BCUT2D eigenvalue weighted by molar-refractivity contribution is 5.94. The van der Waals surface area contributed by atoms with Gasteiger partial charge in [0.05, 0.1) is 11.8 Å². The summed E-state index contributed by atoms with van der Waals surface area (Å²) in [5, 5.41) is 4.10. The lowest BCUT2D eigenvalue weighted by atomic mass is 10.1. The van der Waals surface area contributed by atoms with Crippen molar-refractivity contribution >= 4 is 18.2 Å². The topological polar surface area (TPSA) is 54.4 Å². The fraction of sp³-hybridized carbons (Fsp3) is 0.250. The van der Waals surface area contributed by atoms with Crippen LogP contribution in [0.1, 0.15) is 48.5 Å². The van der Waals surface area contributed by atoms with Gasteiger partial charge in [-0.1, -0.05) is 56.2 Å². The molecule has 1 heterocycles. The van der Waals surface area contributed by atoms with Gasteiger partial charge in [0.1, 0.15) is 0 Å². The average molecular weight is 321 g/mol. The number of nitrogens with one attached hydrogen (secondary N) is 1. The Morgan fingerprint density at radius 3 is 2.71 bits per heavy atom. The summed E-state index contributed by atoms with van der Waals surface area (Å²) in [7, 11) is 0. The van der Waals surface area contributed by atoms with Crippen molar-refractivity contribution in [2.24, 2.45) is 5.10 Å². The molecule has 0 bridgehead atoms. The first kappa shape index (κ1) is 17.6. The first-order valence-corrected chi connectivity index (χ1v) is 8.28. The maximum atomic E-state index is 12.0. The van der Waals surface area contributed by atoms with Crippen LogP contribution in [0.25, 0.3) is 6.08 Å². The monoisotopic (exact) mass is 321 g/mol. The number of unbranched alkanes of at least 4 members (excludes halogenated alkanes) is 2. The maximum absolute atomic E-state index is 12.0. The van der Waals surface area contributed by atoms with E-state index >= 15 is 0 Å². The summed E-state index contributed by atoms with van der Waals surface area (Å²) >= 11 is 0. The van der Waals surface area contributed by atoms with Crippen molar-refractivity contribution in [2.45, 2.75) is 32.6 Å². The van der Waals surface area contributed by atoms with Crippen molar-refractivity contribution in [3.05, 3.63) is 71.6 Å². The van der Waals surface area contributed by atoms with Crippen LogP contribution in [0.2, 0.25) is 0 Å². The number of hydrazone groups is 1. The van der Waals surface area contributed by atoms with E-state index in [1.54, 1.807) is 24.5 Å². The second-order valence-electron chi connectivity index (χ2n) is 5.53. The van der Waals surface area contributed by atoms with Gasteiger partial charge in [0.15, 0.2) is 0 Å². The fourth-order valence-corrected chi connectivity index (χ4v) is 2.25. The molecular formula is C20H23N3O. The summed E-state index contributed by atoms with van der Waals surface area (Å²) in [6.07, 6.45) is 11.4. The van der Waals surface area contributed by atoms with Crippen molar-refractivity contribution in [3.63, 3.8) is 0 Å². The lowest BCUT2D eigenvalue weighted by Gasteiger charge is -2.03. The number of allylic oxidation sites excluding steroid dienone is 1. The Kier molecular flexibility index (Phi) is 7.41. The molecule has 1 aromatic heterocycles. The molecule has 24 heavy (non-hydrogen) atoms. The quantitative estimate of drug-likeness (QED) is 0.443. The van der Waals surface area contributed by atoms with E-state index in [2.05, 4.69) is 40.6 Å². The van der Waals surface area contributed by atoms with Crippen LogP contribution in [0.15, 0.2) is 65.5 Å². The number of amides is 1. The van der Waals surface area contributed by atoms with E-state index in [1.165, 1.54) is 19.0 Å². The molecule has 0 atom stereocenters. The number of nitrogens with zero attached hydrogens (tertiary/aromatic N) is 2. The summed E-state index contributed by atoms with van der Waals surface area (Å²) in [4.78, 5) is 15.9. The van der Waals surface area contributed by atoms with Crippen LogP contribution in [0, 0.1) is 0 Å². The van der Waals surface area contributed by atoms with Crippen LogP contribution >= 0.6 is 0 Å². The number of carbonyl (C=O) groups is 1. The molecule has 0 unspecified atom stereocenters. The van der Waals surface area contributed by atoms with E-state index in [0.29, 0.717) is 5.56 Å². The Morgan fingerprint density at radius 2 is 2.00 bits per heavy atom. The Hall–Kier alpha value is -2.75. The smallest absolute Gasteiger partial charge is 0.267 e. The zero-order chi connectivity index (χ0) is 17.0. The predicted molar refractivity (Wildman–Crippen MR) is 98.8 cm³/mol. The van der Waals surface area contributed by atoms with Gasteiger partial charge in [0.2, 0.25) is 0 Å². The third-order valence-electron chi connectivity index (χ3n) is 3.54. The zero-order valence-electron chi connectivity index (χ0n) is 14.0. The third-order valence-corrected chi connectivity index (χ3v) is 3.54. The van der Waals surface area contributed by atoms with E-state index < -0.39 is 0 Å². The van der Waals surface area contributed by atoms with Crippen LogP contribution in [0.3, 0.4) is 0 Å². The molecule has 0 aliphatic heterocycles. The van der Waals surface area contributed by atoms with Crippen LogP contribution in [0.4, 0.5) is 0 Å². The van der Waals surface area contributed by atoms with Crippen molar-refractivity contribution in [3.8, 4) is 0 Å². The normalized spacial score (nSPS) is 11.6. The molecule has 2 rings (SSSR count). The van der Waals surface area contributed by atoms with Crippen LogP contribution in [-0.4, -0.2) is 17.1 Å². The molecule has 124 valence electrons. The minimum absolute atomic E-state index is 0.257. The molecule has 0 radical (unpaired) electrons. The fourth-order valence-electron chi connectivity index (χ4n) is 2.25. The van der Waals surface area contributed by atoms with Gasteiger partial charge in [-0.15, -0.1) is 0 Å². The highest BCUT2D eigenvalue weighted by Gasteiger charge is 2.03. The van der Waals surface area contributed by atoms with Crippen molar-refractivity contribution in [2.75, 3.05) is 0 Å². The molecule has 0 fully saturated rings. The largest absolute Gasteiger partial charge is 0.272 e. The summed E-state index contributed by atoms with van der Waals surface area (Å²) in [5.74, 6) is -0.257. The Labute approximate surface area is 143 Å². The number of carbonyl (C=O) groups excluding carboxylic acids is 1. The molecular weight excluding hydrogens is 298 g/mol. The Bertz CT molecular complexity index is 679. The van der Waals surface area contributed by atoms with Gasteiger partial charge in [-0.2, -0.15) is 5.10 Å². The van der Waals surface area contributed by atoms with E-state index in [4.69, 9.17) is 0 Å². The molecule has 4 heteroatoms. The van der Waals surface area contributed by atoms with E-state index in [-0.39, 0.29) is 5.91 Å². The lowest BCUT2D eigenvalue weighted by molar-refractivity contribution is 0.0955. The molecule has 1 amide bonds. The third kappa shape index (κ3) is 6.16. The van der Waals surface area contributed by atoms with Gasteiger partial charge < -0.3 is 0 Å². The highest BCUT2D eigenvalue weighted by Crippen LogP contribution is 2.12. The molecule has 4 nitrogen and oxygen atoms in total. The van der Waals surface area contributed by atoms with Gasteiger partial charge in [-0.25, -0.2) is 5.43 Å². The van der Waals surface area contributed by atoms with E-state index in [1.807, 2.05) is 18.2 Å². The second kappa shape index (κ2) is 10.1. The van der Waals surface area contributed by atoms with Gasteiger partial charge in [-0.05, 0) is 36.1 Å². The molecule has 0 aliphatic rings. The second-order valence-corrected chi connectivity index (χ2v) is 5.53. The standard InChI is InChI=1S/C20H23N3O/c1-2-3-5-11-18(14-17-9-6-4-7-10-17)15-22-23-20(24)19-12-8-13-21-16-19/h4,6-10,12-16H,2-3,5,11H2,1H3,(H,23,24)/b18-14-,22-15+. The predicted octanol–water partition coefficient (Wildman–Crippen LogP) is 4.46. The number of benzene rings is 1. The maximum Gasteiger partial charge on any atom is 0.272 e. The molecule has 0 saturated heterocycles. The molecule has 1 aromatic carbocycles. The van der Waals surface area contributed by atoms with Gasteiger partial charge in [0, 0.05) is 12.4 Å².